The Bertz CT molecular complexity index is 944. The van der Waals surface area contributed by atoms with Crippen LogP contribution in [0.25, 0.3) is 0 Å². The number of anilines is 2. The molecular weight excluding hydrogens is 408 g/mol. The molecule has 0 unspecified atom stereocenters. The van der Waals surface area contributed by atoms with Crippen LogP contribution in [0, 0.1) is 0 Å². The number of halogens is 1. The summed E-state index contributed by atoms with van der Waals surface area (Å²) in [4.78, 5) is 13.4. The van der Waals surface area contributed by atoms with Crippen LogP contribution in [0.4, 0.5) is 11.4 Å². The summed E-state index contributed by atoms with van der Waals surface area (Å²) in [6, 6.07) is 9.77. The molecule has 1 N–H and O–H groups in total. The summed E-state index contributed by atoms with van der Waals surface area (Å²) in [5, 5.41) is 0. The molecule has 1 heterocycles. The quantitative estimate of drug-likeness (QED) is 0.817. The van der Waals surface area contributed by atoms with Gasteiger partial charge in [-0.15, -0.1) is 0 Å². The third-order valence-corrected chi connectivity index (χ3v) is 6.04. The molecule has 3 rings (SSSR count). The zero-order valence-corrected chi connectivity index (χ0v) is 16.1. The van der Waals surface area contributed by atoms with E-state index in [1.165, 1.54) is 26.2 Å². The van der Waals surface area contributed by atoms with Crippen molar-refractivity contribution in [2.45, 2.75) is 18.2 Å². The summed E-state index contributed by atoms with van der Waals surface area (Å²) in [5.41, 5.74) is 2.25. The first-order valence-electron chi connectivity index (χ1n) is 7.59. The van der Waals surface area contributed by atoms with Gasteiger partial charge in [0.1, 0.15) is 5.75 Å². The molecule has 0 spiro atoms. The first-order chi connectivity index (χ1) is 11.8. The Morgan fingerprint density at radius 2 is 2.00 bits per heavy atom. The number of rotatable bonds is 4. The van der Waals surface area contributed by atoms with Crippen LogP contribution in [0.1, 0.15) is 12.5 Å². The van der Waals surface area contributed by atoms with Gasteiger partial charge >= 0.3 is 0 Å². The fourth-order valence-corrected chi connectivity index (χ4v) is 4.59. The highest BCUT2D eigenvalue weighted by Crippen LogP contribution is 2.32. The zero-order chi connectivity index (χ0) is 18.2. The van der Waals surface area contributed by atoms with Crippen LogP contribution < -0.4 is 14.4 Å². The van der Waals surface area contributed by atoms with E-state index in [0.717, 1.165) is 11.3 Å². The van der Waals surface area contributed by atoms with E-state index in [1.54, 1.807) is 29.2 Å². The fraction of sp³-hybridized carbons (Fsp3) is 0.235. The van der Waals surface area contributed by atoms with Gasteiger partial charge in [0.25, 0.3) is 10.0 Å². The minimum atomic E-state index is -3.72. The molecule has 0 saturated carbocycles. The van der Waals surface area contributed by atoms with Crippen molar-refractivity contribution in [3.8, 4) is 5.75 Å². The van der Waals surface area contributed by atoms with Gasteiger partial charge < -0.3 is 9.64 Å². The second-order valence-corrected chi connectivity index (χ2v) is 8.20. The van der Waals surface area contributed by atoms with Gasteiger partial charge in [0.2, 0.25) is 5.91 Å². The molecule has 1 amide bonds. The van der Waals surface area contributed by atoms with Crippen molar-refractivity contribution < 1.29 is 17.9 Å². The number of nitrogens with zero attached hydrogens (tertiary/aromatic N) is 1. The smallest absolute Gasteiger partial charge is 0.261 e. The van der Waals surface area contributed by atoms with Crippen molar-refractivity contribution in [1.82, 2.24) is 0 Å². The molecule has 2 aromatic carbocycles. The topological polar surface area (TPSA) is 75.7 Å². The predicted octanol–water partition coefficient (Wildman–Crippen LogP) is 3.17. The molecule has 1 aliphatic rings. The molecule has 8 heteroatoms. The third kappa shape index (κ3) is 3.50. The number of hydrogen-bond donors (Lipinski definition) is 1. The molecule has 0 bridgehead atoms. The number of carbonyl (C=O) groups is 1. The Morgan fingerprint density at radius 3 is 2.64 bits per heavy atom. The van der Waals surface area contributed by atoms with Crippen LogP contribution in [0.15, 0.2) is 45.8 Å². The number of sulfonamides is 1. The maximum Gasteiger partial charge on any atom is 0.261 e. The van der Waals surface area contributed by atoms with Gasteiger partial charge in [-0.1, -0.05) is 0 Å². The highest BCUT2D eigenvalue weighted by atomic mass is 79.9. The Labute approximate surface area is 155 Å². The maximum atomic E-state index is 12.6. The third-order valence-electron chi connectivity index (χ3n) is 4.04. The zero-order valence-electron chi connectivity index (χ0n) is 13.7. The summed E-state index contributed by atoms with van der Waals surface area (Å²) < 4.78 is 33.4. The Morgan fingerprint density at radius 1 is 1.24 bits per heavy atom. The summed E-state index contributed by atoms with van der Waals surface area (Å²) in [6.07, 6.45) is 0.707. The van der Waals surface area contributed by atoms with Crippen LogP contribution in [0.2, 0.25) is 0 Å². The standard InChI is InChI=1S/C17H17BrN2O4S/c1-11(21)20-8-7-12-9-13(3-5-16(12)20)19-25(22,23)14-4-6-17(24-2)15(18)10-14/h3-6,9-10,19H,7-8H2,1-2H3. The van der Waals surface area contributed by atoms with E-state index in [-0.39, 0.29) is 10.8 Å². The van der Waals surface area contributed by atoms with Crippen LogP contribution in [-0.4, -0.2) is 28.0 Å². The SMILES string of the molecule is COc1ccc(S(=O)(=O)Nc2ccc3c(c2)CCN3C(C)=O)cc1Br. The summed E-state index contributed by atoms with van der Waals surface area (Å²) >= 11 is 3.29. The van der Waals surface area contributed by atoms with E-state index in [2.05, 4.69) is 20.7 Å². The molecule has 2 aromatic rings. The van der Waals surface area contributed by atoms with Gasteiger partial charge in [-0.25, -0.2) is 8.42 Å². The van der Waals surface area contributed by atoms with E-state index in [0.29, 0.717) is 28.9 Å². The molecule has 1 aliphatic heterocycles. The molecule has 0 radical (unpaired) electrons. The fourth-order valence-electron chi connectivity index (χ4n) is 2.82. The molecular formula is C17H17BrN2O4S. The van der Waals surface area contributed by atoms with Crippen molar-refractivity contribution in [3.63, 3.8) is 0 Å². The number of ether oxygens (including phenoxy) is 1. The molecule has 0 atom stereocenters. The normalized spacial score (nSPS) is 13.5. The molecule has 0 fully saturated rings. The average Bonchev–Trinajstić information content (AvgIpc) is 2.97. The number of carbonyl (C=O) groups excluding carboxylic acids is 1. The monoisotopic (exact) mass is 424 g/mol. The maximum absolute atomic E-state index is 12.6. The van der Waals surface area contributed by atoms with E-state index in [9.17, 15) is 13.2 Å². The van der Waals surface area contributed by atoms with E-state index >= 15 is 0 Å². The molecule has 0 aliphatic carbocycles. The first kappa shape index (κ1) is 17.8. The number of amides is 1. The molecule has 132 valence electrons. The van der Waals surface area contributed by atoms with Crippen molar-refractivity contribution in [2.75, 3.05) is 23.3 Å². The molecule has 25 heavy (non-hydrogen) atoms. The first-order valence-corrected chi connectivity index (χ1v) is 9.87. The van der Waals surface area contributed by atoms with E-state index in [4.69, 9.17) is 4.74 Å². The highest BCUT2D eigenvalue weighted by molar-refractivity contribution is 9.10. The number of hydrogen-bond acceptors (Lipinski definition) is 4. The largest absolute Gasteiger partial charge is 0.496 e. The average molecular weight is 425 g/mol. The molecule has 0 aromatic heterocycles. The van der Waals surface area contributed by atoms with Crippen molar-refractivity contribution in [2.24, 2.45) is 0 Å². The van der Waals surface area contributed by atoms with E-state index < -0.39 is 10.0 Å². The lowest BCUT2D eigenvalue weighted by Gasteiger charge is -2.15. The van der Waals surface area contributed by atoms with Gasteiger partial charge in [-0.3, -0.25) is 9.52 Å². The van der Waals surface area contributed by atoms with Crippen molar-refractivity contribution >= 4 is 43.2 Å². The van der Waals surface area contributed by atoms with Gasteiger partial charge in [0.05, 0.1) is 16.5 Å². The summed E-state index contributed by atoms with van der Waals surface area (Å²) in [7, 11) is -2.21. The van der Waals surface area contributed by atoms with Gasteiger partial charge in [0.15, 0.2) is 0 Å². The lowest BCUT2D eigenvalue weighted by Crippen LogP contribution is -2.25. The van der Waals surface area contributed by atoms with Gasteiger partial charge in [-0.05, 0) is 64.3 Å². The predicted molar refractivity (Wildman–Crippen MR) is 99.7 cm³/mol. The minimum Gasteiger partial charge on any atom is -0.496 e. The van der Waals surface area contributed by atoms with Crippen molar-refractivity contribution in [1.29, 1.82) is 0 Å². The lowest BCUT2D eigenvalue weighted by atomic mass is 10.1. The van der Waals surface area contributed by atoms with Crippen molar-refractivity contribution in [3.05, 3.63) is 46.4 Å². The number of nitrogens with one attached hydrogen (secondary N) is 1. The van der Waals surface area contributed by atoms with E-state index in [1.807, 2.05) is 0 Å². The minimum absolute atomic E-state index is 0.0184. The molecule has 0 saturated heterocycles. The number of methoxy groups -OCH3 is 1. The Balaban J connectivity index is 1.87. The summed E-state index contributed by atoms with van der Waals surface area (Å²) in [6.45, 7) is 2.14. The van der Waals surface area contributed by atoms with Crippen LogP contribution >= 0.6 is 15.9 Å². The summed E-state index contributed by atoms with van der Waals surface area (Å²) in [5.74, 6) is 0.538. The number of benzene rings is 2. The Kier molecular flexibility index (Phi) is 4.75. The van der Waals surface area contributed by atoms with Gasteiger partial charge in [0, 0.05) is 24.8 Å². The van der Waals surface area contributed by atoms with Gasteiger partial charge in [-0.2, -0.15) is 0 Å². The van der Waals surface area contributed by atoms with Crippen LogP contribution in [-0.2, 0) is 21.2 Å². The number of fused-ring (bicyclic) bond motifs is 1. The van der Waals surface area contributed by atoms with Crippen LogP contribution in [0.3, 0.4) is 0 Å². The second kappa shape index (κ2) is 6.68. The molecule has 6 nitrogen and oxygen atoms in total. The van der Waals surface area contributed by atoms with Crippen LogP contribution in [0.5, 0.6) is 5.75 Å². The Hall–Kier alpha value is -2.06. The second-order valence-electron chi connectivity index (χ2n) is 5.67. The lowest BCUT2D eigenvalue weighted by molar-refractivity contribution is -0.116. The highest BCUT2D eigenvalue weighted by Gasteiger charge is 2.23.